The van der Waals surface area contributed by atoms with E-state index in [-0.39, 0.29) is 6.61 Å². The predicted octanol–water partition coefficient (Wildman–Crippen LogP) is 1.26. The second kappa shape index (κ2) is 26.1. The third-order valence-corrected chi connectivity index (χ3v) is 3.62. The molecule has 0 aliphatic heterocycles. The first kappa shape index (κ1) is 30.9. The Morgan fingerprint density at radius 2 is 0.750 bits per heavy atom. The molecule has 0 rings (SSSR count). The first-order valence-electron chi connectivity index (χ1n) is 11.1. The van der Waals surface area contributed by atoms with Crippen LogP contribution in [0.3, 0.4) is 0 Å². The lowest BCUT2D eigenvalue weighted by molar-refractivity contribution is -0.140. The smallest absolute Gasteiger partial charge is 0.333 e. The van der Waals surface area contributed by atoms with Gasteiger partial charge in [0.1, 0.15) is 6.61 Å². The van der Waals surface area contributed by atoms with Crippen molar-refractivity contribution < 1.29 is 47.4 Å². The molecule has 0 bridgehead atoms. The van der Waals surface area contributed by atoms with E-state index in [0.717, 1.165) is 0 Å². The molecule has 0 fully saturated rings. The highest BCUT2D eigenvalue weighted by Gasteiger charge is 2.01. The molecule has 0 atom stereocenters. The Morgan fingerprint density at radius 1 is 0.500 bits per heavy atom. The standard InChI is InChI=1S/C22H42O10/c1-4-24-5-6-25-7-8-26-9-10-27-11-12-28-13-14-29-15-16-30-17-18-31-19-20-32-22(23)21(2)3/h2,4-20H2,1,3H3. The van der Waals surface area contributed by atoms with Crippen LogP contribution in [-0.4, -0.2) is 118 Å². The van der Waals surface area contributed by atoms with Gasteiger partial charge in [-0.15, -0.1) is 0 Å². The summed E-state index contributed by atoms with van der Waals surface area (Å²) in [5.41, 5.74) is 0.375. The monoisotopic (exact) mass is 466 g/mol. The summed E-state index contributed by atoms with van der Waals surface area (Å²) >= 11 is 0. The Bertz CT molecular complexity index is 420. The van der Waals surface area contributed by atoms with Crippen molar-refractivity contribution in [3.63, 3.8) is 0 Å². The summed E-state index contributed by atoms with van der Waals surface area (Å²) in [4.78, 5) is 11.1. The molecule has 0 aliphatic rings. The van der Waals surface area contributed by atoms with Gasteiger partial charge in [0.05, 0.1) is 99.1 Å². The van der Waals surface area contributed by atoms with Gasteiger partial charge < -0.3 is 42.6 Å². The highest BCUT2D eigenvalue weighted by Crippen LogP contribution is 1.91. The second-order valence-electron chi connectivity index (χ2n) is 6.40. The van der Waals surface area contributed by atoms with Gasteiger partial charge in [0.15, 0.2) is 0 Å². The van der Waals surface area contributed by atoms with E-state index in [2.05, 4.69) is 6.58 Å². The molecule has 0 aromatic heterocycles. The molecular formula is C22H42O10. The number of rotatable bonds is 26. The Morgan fingerprint density at radius 3 is 1.00 bits per heavy atom. The van der Waals surface area contributed by atoms with Crippen LogP contribution < -0.4 is 0 Å². The van der Waals surface area contributed by atoms with E-state index in [1.54, 1.807) is 6.92 Å². The zero-order valence-corrected chi connectivity index (χ0v) is 19.8. The lowest BCUT2D eigenvalue weighted by Crippen LogP contribution is -2.15. The molecule has 0 N–H and O–H groups in total. The van der Waals surface area contributed by atoms with E-state index in [9.17, 15) is 4.79 Å². The van der Waals surface area contributed by atoms with Gasteiger partial charge >= 0.3 is 5.97 Å². The van der Waals surface area contributed by atoms with Gasteiger partial charge in [-0.3, -0.25) is 0 Å². The molecule has 0 amide bonds. The molecule has 0 spiro atoms. The average molecular weight is 467 g/mol. The van der Waals surface area contributed by atoms with Crippen LogP contribution in [0.1, 0.15) is 13.8 Å². The normalized spacial score (nSPS) is 11.1. The minimum absolute atomic E-state index is 0.207. The predicted molar refractivity (Wildman–Crippen MR) is 118 cm³/mol. The van der Waals surface area contributed by atoms with Crippen molar-refractivity contribution in [1.29, 1.82) is 0 Å². The van der Waals surface area contributed by atoms with E-state index in [1.807, 2.05) is 6.92 Å². The highest BCUT2D eigenvalue weighted by molar-refractivity contribution is 5.86. The van der Waals surface area contributed by atoms with Crippen molar-refractivity contribution in [2.24, 2.45) is 0 Å². The van der Waals surface area contributed by atoms with E-state index < -0.39 is 5.97 Å². The lowest BCUT2D eigenvalue weighted by Gasteiger charge is -2.08. The maximum atomic E-state index is 11.1. The zero-order chi connectivity index (χ0) is 23.5. The van der Waals surface area contributed by atoms with Gasteiger partial charge in [-0.25, -0.2) is 4.79 Å². The maximum absolute atomic E-state index is 11.1. The summed E-state index contributed by atoms with van der Waals surface area (Å²) in [6, 6.07) is 0. The zero-order valence-electron chi connectivity index (χ0n) is 19.8. The Labute approximate surface area is 192 Å². The number of esters is 1. The quantitative estimate of drug-likeness (QED) is 0.105. The molecular weight excluding hydrogens is 424 g/mol. The number of hydrogen-bond donors (Lipinski definition) is 0. The number of hydrogen-bond acceptors (Lipinski definition) is 10. The first-order valence-corrected chi connectivity index (χ1v) is 11.1. The number of carbonyl (C=O) groups is 1. The molecule has 190 valence electrons. The summed E-state index contributed by atoms with van der Waals surface area (Å²) < 4.78 is 47.7. The molecule has 0 heterocycles. The third kappa shape index (κ3) is 25.2. The summed E-state index contributed by atoms with van der Waals surface area (Å²) in [7, 11) is 0. The SMILES string of the molecule is C=C(C)C(=O)OCCOCCOCCOCCOCCOCCOCCOCCOCC. The molecule has 0 aromatic carbocycles. The fourth-order valence-electron chi connectivity index (χ4n) is 2.00. The molecule has 10 heteroatoms. The molecule has 0 saturated heterocycles. The summed E-state index contributed by atoms with van der Waals surface area (Å²) in [5, 5.41) is 0. The topological polar surface area (TPSA) is 100 Å². The summed E-state index contributed by atoms with van der Waals surface area (Å²) in [5.74, 6) is -0.407. The van der Waals surface area contributed by atoms with Crippen LogP contribution in [0.4, 0.5) is 0 Å². The van der Waals surface area contributed by atoms with Crippen LogP contribution in [-0.2, 0) is 47.4 Å². The van der Waals surface area contributed by atoms with Crippen molar-refractivity contribution in [1.82, 2.24) is 0 Å². The van der Waals surface area contributed by atoms with Crippen LogP contribution in [0, 0.1) is 0 Å². The van der Waals surface area contributed by atoms with Gasteiger partial charge in [-0.2, -0.15) is 0 Å². The van der Waals surface area contributed by atoms with Gasteiger partial charge in [0.2, 0.25) is 0 Å². The van der Waals surface area contributed by atoms with E-state index in [4.69, 9.17) is 42.6 Å². The van der Waals surface area contributed by atoms with Gasteiger partial charge in [0, 0.05) is 12.2 Å². The van der Waals surface area contributed by atoms with Crippen LogP contribution in [0.5, 0.6) is 0 Å². The Kier molecular flexibility index (Phi) is 25.2. The number of carbonyl (C=O) groups excluding carboxylic acids is 1. The highest BCUT2D eigenvalue weighted by atomic mass is 16.6. The fourth-order valence-corrected chi connectivity index (χ4v) is 2.00. The summed E-state index contributed by atoms with van der Waals surface area (Å²) in [6.45, 7) is 15.6. The van der Waals surface area contributed by atoms with E-state index >= 15 is 0 Å². The minimum Gasteiger partial charge on any atom is -0.460 e. The minimum atomic E-state index is -0.407. The van der Waals surface area contributed by atoms with E-state index in [1.165, 1.54) is 0 Å². The van der Waals surface area contributed by atoms with Crippen molar-refractivity contribution in [3.05, 3.63) is 12.2 Å². The van der Waals surface area contributed by atoms with Crippen molar-refractivity contribution in [2.45, 2.75) is 13.8 Å². The van der Waals surface area contributed by atoms with Gasteiger partial charge in [0.25, 0.3) is 0 Å². The molecule has 10 nitrogen and oxygen atoms in total. The largest absolute Gasteiger partial charge is 0.460 e. The first-order chi connectivity index (χ1) is 15.7. The van der Waals surface area contributed by atoms with Crippen LogP contribution in [0.25, 0.3) is 0 Å². The van der Waals surface area contributed by atoms with Gasteiger partial charge in [-0.1, -0.05) is 6.58 Å². The average Bonchev–Trinajstić information content (AvgIpc) is 2.78. The molecule has 0 aliphatic carbocycles. The second-order valence-corrected chi connectivity index (χ2v) is 6.40. The molecule has 32 heavy (non-hydrogen) atoms. The van der Waals surface area contributed by atoms with Crippen LogP contribution >= 0.6 is 0 Å². The van der Waals surface area contributed by atoms with E-state index in [0.29, 0.717) is 111 Å². The van der Waals surface area contributed by atoms with Crippen molar-refractivity contribution in [3.8, 4) is 0 Å². The molecule has 0 aromatic rings. The molecule has 0 saturated carbocycles. The summed E-state index contributed by atoms with van der Waals surface area (Å²) in [6.07, 6.45) is 0. The van der Waals surface area contributed by atoms with Crippen molar-refractivity contribution >= 4 is 5.97 Å². The Hall–Kier alpha value is -1.11. The Balaban J connectivity index is 3.05. The van der Waals surface area contributed by atoms with Crippen molar-refractivity contribution in [2.75, 3.05) is 112 Å². The molecule has 0 radical (unpaired) electrons. The third-order valence-electron chi connectivity index (χ3n) is 3.62. The van der Waals surface area contributed by atoms with Crippen LogP contribution in [0.15, 0.2) is 12.2 Å². The van der Waals surface area contributed by atoms with Gasteiger partial charge in [-0.05, 0) is 13.8 Å². The fraction of sp³-hybridized carbons (Fsp3) is 0.864. The maximum Gasteiger partial charge on any atom is 0.333 e. The lowest BCUT2D eigenvalue weighted by atomic mass is 10.4. The molecule has 0 unspecified atom stereocenters. The number of ether oxygens (including phenoxy) is 9. The van der Waals surface area contributed by atoms with Crippen LogP contribution in [0.2, 0.25) is 0 Å².